The summed E-state index contributed by atoms with van der Waals surface area (Å²) < 4.78 is -0.370. The Morgan fingerprint density at radius 2 is 1.24 bits per heavy atom. The van der Waals surface area contributed by atoms with Crippen molar-refractivity contribution in [1.82, 2.24) is 0 Å². The molecule has 0 unspecified atom stereocenters. The lowest BCUT2D eigenvalue weighted by molar-refractivity contribution is 0.101. The molecule has 108 valence electrons. The number of rotatable bonds is 5. The van der Waals surface area contributed by atoms with Crippen molar-refractivity contribution in [2.45, 2.75) is 3.74 Å². The van der Waals surface area contributed by atoms with E-state index in [4.69, 9.17) is 0 Å². The average Bonchev–Trinajstić information content (AvgIpc) is 2.53. The SMILES string of the molecule is O=C(CBr)c1ccc(-c2ccc(C(=O)C(Br)Br)cc2)cc1. The van der Waals surface area contributed by atoms with E-state index in [-0.39, 0.29) is 15.3 Å². The number of halogens is 3. The molecule has 0 saturated carbocycles. The standard InChI is InChI=1S/C16H11Br3O2/c17-9-14(20)12-5-1-10(2-6-12)11-3-7-13(8-4-11)15(21)16(18)19/h1-8,16H,9H2. The van der Waals surface area contributed by atoms with Crippen LogP contribution in [0, 0.1) is 0 Å². The predicted molar refractivity (Wildman–Crippen MR) is 96.0 cm³/mol. The van der Waals surface area contributed by atoms with Gasteiger partial charge in [-0.05, 0) is 11.1 Å². The highest BCUT2D eigenvalue weighted by atomic mass is 79.9. The molecule has 0 fully saturated rings. The number of alkyl halides is 3. The van der Waals surface area contributed by atoms with E-state index < -0.39 is 0 Å². The molecule has 0 N–H and O–H groups in total. The monoisotopic (exact) mass is 472 g/mol. The minimum Gasteiger partial charge on any atom is -0.293 e. The van der Waals surface area contributed by atoms with E-state index in [1.165, 1.54) is 0 Å². The molecule has 0 aliphatic carbocycles. The van der Waals surface area contributed by atoms with Crippen LogP contribution in [0.4, 0.5) is 0 Å². The predicted octanol–water partition coefficient (Wildman–Crippen LogP) is 5.23. The third kappa shape index (κ3) is 4.11. The van der Waals surface area contributed by atoms with Crippen molar-refractivity contribution >= 4 is 59.4 Å². The molecule has 0 aliphatic heterocycles. The first-order chi connectivity index (χ1) is 10.0. The second-order valence-corrected chi connectivity index (χ2v) is 8.00. The molecule has 0 saturated heterocycles. The van der Waals surface area contributed by atoms with Gasteiger partial charge in [-0.2, -0.15) is 0 Å². The molecule has 0 aromatic heterocycles. The number of carbonyl (C=O) groups is 2. The van der Waals surface area contributed by atoms with Crippen LogP contribution in [-0.4, -0.2) is 20.6 Å². The van der Waals surface area contributed by atoms with Gasteiger partial charge in [-0.1, -0.05) is 96.3 Å². The lowest BCUT2D eigenvalue weighted by Crippen LogP contribution is -2.06. The molecule has 2 aromatic carbocycles. The Hall–Kier alpha value is -0.780. The van der Waals surface area contributed by atoms with E-state index in [0.717, 1.165) is 11.1 Å². The van der Waals surface area contributed by atoms with Gasteiger partial charge in [0.25, 0.3) is 0 Å². The van der Waals surface area contributed by atoms with Gasteiger partial charge in [-0.3, -0.25) is 9.59 Å². The molecule has 2 aromatic rings. The molecule has 0 amide bonds. The van der Waals surface area contributed by atoms with Gasteiger partial charge in [0.05, 0.1) is 5.33 Å². The number of ketones is 2. The molecule has 21 heavy (non-hydrogen) atoms. The van der Waals surface area contributed by atoms with Gasteiger partial charge in [0.1, 0.15) is 3.74 Å². The Bertz CT molecular complexity index is 646. The third-order valence-corrected chi connectivity index (χ3v) is 4.37. The maximum atomic E-state index is 11.8. The first-order valence-corrected chi connectivity index (χ1v) is 9.10. The van der Waals surface area contributed by atoms with Crippen LogP contribution in [0.1, 0.15) is 20.7 Å². The van der Waals surface area contributed by atoms with Crippen LogP contribution < -0.4 is 0 Å². The van der Waals surface area contributed by atoms with Crippen molar-refractivity contribution in [3.63, 3.8) is 0 Å². The van der Waals surface area contributed by atoms with Crippen LogP contribution >= 0.6 is 47.8 Å². The Labute approximate surface area is 148 Å². The van der Waals surface area contributed by atoms with Crippen molar-refractivity contribution in [3.05, 3.63) is 59.7 Å². The van der Waals surface area contributed by atoms with Crippen molar-refractivity contribution in [3.8, 4) is 11.1 Å². The summed E-state index contributed by atoms with van der Waals surface area (Å²) in [6.45, 7) is 0. The summed E-state index contributed by atoms with van der Waals surface area (Å²) in [5, 5.41) is 0.323. The zero-order valence-corrected chi connectivity index (χ0v) is 15.6. The molecule has 0 atom stereocenters. The number of Topliss-reactive ketones (excluding diaryl/α,β-unsaturated/α-hetero) is 2. The van der Waals surface area contributed by atoms with Gasteiger partial charge < -0.3 is 0 Å². The molecule has 0 radical (unpaired) electrons. The van der Waals surface area contributed by atoms with Gasteiger partial charge in [0, 0.05) is 11.1 Å². The van der Waals surface area contributed by atoms with Crippen molar-refractivity contribution in [2.24, 2.45) is 0 Å². The highest BCUT2D eigenvalue weighted by Gasteiger charge is 2.13. The maximum Gasteiger partial charge on any atom is 0.187 e. The van der Waals surface area contributed by atoms with Crippen LogP contribution in [0.15, 0.2) is 48.5 Å². The van der Waals surface area contributed by atoms with Crippen LogP contribution in [0.3, 0.4) is 0 Å². The summed E-state index contributed by atoms with van der Waals surface area (Å²) in [6.07, 6.45) is 0. The van der Waals surface area contributed by atoms with Gasteiger partial charge >= 0.3 is 0 Å². The van der Waals surface area contributed by atoms with Crippen LogP contribution in [-0.2, 0) is 0 Å². The van der Waals surface area contributed by atoms with Crippen molar-refractivity contribution < 1.29 is 9.59 Å². The van der Waals surface area contributed by atoms with Gasteiger partial charge in [-0.25, -0.2) is 0 Å². The van der Waals surface area contributed by atoms with E-state index in [1.807, 2.05) is 36.4 Å². The van der Waals surface area contributed by atoms with Gasteiger partial charge in [0.15, 0.2) is 11.6 Å². The minimum atomic E-state index is -0.370. The normalized spacial score (nSPS) is 10.7. The smallest absolute Gasteiger partial charge is 0.187 e. The third-order valence-electron chi connectivity index (χ3n) is 3.03. The average molecular weight is 475 g/mol. The molecule has 0 heterocycles. The molecule has 0 spiro atoms. The van der Waals surface area contributed by atoms with E-state index >= 15 is 0 Å². The fourth-order valence-corrected chi connectivity index (χ4v) is 2.73. The van der Waals surface area contributed by atoms with Gasteiger partial charge in [0.2, 0.25) is 0 Å². The maximum absolute atomic E-state index is 11.8. The zero-order valence-electron chi connectivity index (χ0n) is 10.9. The second-order valence-electron chi connectivity index (χ2n) is 4.38. The van der Waals surface area contributed by atoms with Crippen LogP contribution in [0.5, 0.6) is 0 Å². The van der Waals surface area contributed by atoms with Crippen LogP contribution in [0.25, 0.3) is 11.1 Å². The summed E-state index contributed by atoms with van der Waals surface area (Å²) in [6, 6.07) is 14.8. The fraction of sp³-hybridized carbons (Fsp3) is 0.125. The quantitative estimate of drug-likeness (QED) is 0.439. The van der Waals surface area contributed by atoms with E-state index in [0.29, 0.717) is 16.5 Å². The highest BCUT2D eigenvalue weighted by molar-refractivity contribution is 9.25. The molecule has 0 bridgehead atoms. The summed E-state index contributed by atoms with van der Waals surface area (Å²) in [5.41, 5.74) is 3.34. The summed E-state index contributed by atoms with van der Waals surface area (Å²) in [7, 11) is 0. The minimum absolute atomic E-state index is 0.0141. The Balaban J connectivity index is 2.23. The lowest BCUT2D eigenvalue weighted by Gasteiger charge is -2.06. The Kier molecular flexibility index (Phi) is 5.90. The Morgan fingerprint density at radius 1 is 0.810 bits per heavy atom. The number of hydrogen-bond acceptors (Lipinski definition) is 2. The van der Waals surface area contributed by atoms with Crippen molar-refractivity contribution in [2.75, 3.05) is 5.33 Å². The molecule has 2 nitrogen and oxygen atoms in total. The number of hydrogen-bond donors (Lipinski definition) is 0. The molecule has 0 aliphatic rings. The fourth-order valence-electron chi connectivity index (χ4n) is 1.88. The number of carbonyl (C=O) groups excluding carboxylic acids is 2. The molecular formula is C16H11Br3O2. The molecule has 2 rings (SSSR count). The largest absolute Gasteiger partial charge is 0.293 e. The molecule has 5 heteroatoms. The summed E-state index contributed by atoms with van der Waals surface area (Å²) >= 11 is 9.56. The Morgan fingerprint density at radius 3 is 1.62 bits per heavy atom. The first-order valence-electron chi connectivity index (χ1n) is 6.15. The van der Waals surface area contributed by atoms with E-state index in [1.54, 1.807) is 12.1 Å². The topological polar surface area (TPSA) is 34.1 Å². The van der Waals surface area contributed by atoms with E-state index in [2.05, 4.69) is 47.8 Å². The van der Waals surface area contributed by atoms with Crippen molar-refractivity contribution in [1.29, 1.82) is 0 Å². The molecular weight excluding hydrogens is 464 g/mol. The zero-order chi connectivity index (χ0) is 15.4. The summed E-state index contributed by atoms with van der Waals surface area (Å²) in [5.74, 6) is 0.0444. The lowest BCUT2D eigenvalue weighted by atomic mass is 10.0. The first kappa shape index (κ1) is 16.6. The number of benzene rings is 2. The highest BCUT2D eigenvalue weighted by Crippen LogP contribution is 2.22. The summed E-state index contributed by atoms with van der Waals surface area (Å²) in [4.78, 5) is 23.4. The van der Waals surface area contributed by atoms with E-state index in [9.17, 15) is 9.59 Å². The second kappa shape index (κ2) is 7.47. The van der Waals surface area contributed by atoms with Crippen LogP contribution in [0.2, 0.25) is 0 Å². The van der Waals surface area contributed by atoms with Gasteiger partial charge in [-0.15, -0.1) is 0 Å².